The van der Waals surface area contributed by atoms with Gasteiger partial charge in [-0.2, -0.15) is 0 Å². The molecule has 1 aliphatic heterocycles. The van der Waals surface area contributed by atoms with Crippen molar-refractivity contribution in [3.8, 4) is 0 Å². The summed E-state index contributed by atoms with van der Waals surface area (Å²) in [7, 11) is 0. The zero-order valence-corrected chi connectivity index (χ0v) is 12.0. The quantitative estimate of drug-likeness (QED) is 0.781. The van der Waals surface area contributed by atoms with E-state index in [-0.39, 0.29) is 0 Å². The number of benzene rings is 1. The van der Waals surface area contributed by atoms with Crippen LogP contribution < -0.4 is 4.90 Å². The molecule has 19 heavy (non-hydrogen) atoms. The van der Waals surface area contributed by atoms with Crippen molar-refractivity contribution in [1.82, 2.24) is 0 Å². The third-order valence-corrected chi connectivity index (χ3v) is 4.86. The van der Waals surface area contributed by atoms with Gasteiger partial charge >= 0.3 is 0 Å². The van der Waals surface area contributed by atoms with Crippen LogP contribution in [0.1, 0.15) is 57.4 Å². The van der Waals surface area contributed by atoms with Crippen LogP contribution in [0.3, 0.4) is 0 Å². The summed E-state index contributed by atoms with van der Waals surface area (Å²) >= 11 is 0. The Labute approximate surface area is 115 Å². The number of anilines is 1. The lowest BCUT2D eigenvalue weighted by molar-refractivity contribution is -0.117. The van der Waals surface area contributed by atoms with Gasteiger partial charge < -0.3 is 4.90 Å². The molecule has 1 aromatic rings. The Bertz CT molecular complexity index is 469. The molecule has 0 aromatic heterocycles. The van der Waals surface area contributed by atoms with Crippen molar-refractivity contribution in [3.05, 3.63) is 29.8 Å². The van der Waals surface area contributed by atoms with Crippen molar-refractivity contribution in [3.63, 3.8) is 0 Å². The molecule has 0 N–H and O–H groups in total. The van der Waals surface area contributed by atoms with Gasteiger partial charge in [0.05, 0.1) is 0 Å². The topological polar surface area (TPSA) is 20.3 Å². The normalized spacial score (nSPS) is 21.8. The molecular formula is C17H23NO. The van der Waals surface area contributed by atoms with Gasteiger partial charge in [0.2, 0.25) is 5.91 Å². The molecule has 1 aromatic carbocycles. The number of carbonyl (C=O) groups excluding carboxylic acids is 1. The monoisotopic (exact) mass is 257 g/mol. The Hall–Kier alpha value is -1.31. The molecule has 1 saturated heterocycles. The first-order valence-corrected chi connectivity index (χ1v) is 7.50. The van der Waals surface area contributed by atoms with E-state index in [1.807, 2.05) is 4.90 Å². The molecule has 0 atom stereocenters. The van der Waals surface area contributed by atoms with Gasteiger partial charge in [-0.1, -0.05) is 38.8 Å². The number of hydrogen-bond donors (Lipinski definition) is 0. The second kappa shape index (κ2) is 4.66. The Morgan fingerprint density at radius 1 is 1.11 bits per heavy atom. The molecule has 1 heterocycles. The Morgan fingerprint density at radius 2 is 1.74 bits per heavy atom. The lowest BCUT2D eigenvalue weighted by Gasteiger charge is -2.23. The largest absolute Gasteiger partial charge is 0.312 e. The predicted octanol–water partition coefficient (Wildman–Crippen LogP) is 4.11. The number of rotatable bonds is 2. The van der Waals surface area contributed by atoms with Gasteiger partial charge in [-0.05, 0) is 41.9 Å². The average Bonchev–Trinajstić information content (AvgIpc) is 2.97. The second-order valence-corrected chi connectivity index (χ2v) is 6.61. The molecule has 2 aliphatic rings. The second-order valence-electron chi connectivity index (χ2n) is 6.61. The van der Waals surface area contributed by atoms with Crippen molar-refractivity contribution in [2.45, 2.75) is 51.9 Å². The van der Waals surface area contributed by atoms with Gasteiger partial charge in [0, 0.05) is 18.7 Å². The maximum Gasteiger partial charge on any atom is 0.227 e. The van der Waals surface area contributed by atoms with Crippen LogP contribution in [-0.2, 0) is 4.79 Å². The van der Waals surface area contributed by atoms with E-state index >= 15 is 0 Å². The summed E-state index contributed by atoms with van der Waals surface area (Å²) in [5, 5.41) is 0. The van der Waals surface area contributed by atoms with E-state index in [9.17, 15) is 4.79 Å². The van der Waals surface area contributed by atoms with Crippen LogP contribution in [0.4, 0.5) is 5.69 Å². The zero-order valence-electron chi connectivity index (χ0n) is 12.0. The maximum atomic E-state index is 12.3. The minimum Gasteiger partial charge on any atom is -0.312 e. The molecule has 1 aliphatic carbocycles. The zero-order chi connectivity index (χ0) is 13.5. The lowest BCUT2D eigenvalue weighted by Crippen LogP contribution is -2.26. The smallest absolute Gasteiger partial charge is 0.227 e. The molecule has 0 radical (unpaired) electrons. The summed E-state index contributed by atoms with van der Waals surface area (Å²) in [6.45, 7) is 5.33. The van der Waals surface area contributed by atoms with Crippen LogP contribution in [0.25, 0.3) is 0 Å². The summed E-state index contributed by atoms with van der Waals surface area (Å²) in [5.41, 5.74) is 2.72. The fourth-order valence-electron chi connectivity index (χ4n) is 3.63. The van der Waals surface area contributed by atoms with E-state index in [0.717, 1.165) is 18.7 Å². The molecule has 0 bridgehead atoms. The third kappa shape index (κ3) is 2.29. The van der Waals surface area contributed by atoms with Gasteiger partial charge in [0.15, 0.2) is 0 Å². The van der Waals surface area contributed by atoms with Gasteiger partial charge in [-0.3, -0.25) is 4.79 Å². The first-order chi connectivity index (χ1) is 9.10. The van der Waals surface area contributed by atoms with Crippen LogP contribution in [0.15, 0.2) is 24.3 Å². The summed E-state index contributed by atoms with van der Waals surface area (Å²) in [5.74, 6) is 0.865. The minimum absolute atomic E-state index is 0.299. The van der Waals surface area contributed by atoms with E-state index in [0.29, 0.717) is 17.2 Å². The van der Waals surface area contributed by atoms with Gasteiger partial charge in [0.1, 0.15) is 0 Å². The van der Waals surface area contributed by atoms with Crippen LogP contribution >= 0.6 is 0 Å². The number of nitrogens with zero attached hydrogens (tertiary/aromatic N) is 1. The molecule has 1 saturated carbocycles. The van der Waals surface area contributed by atoms with Crippen molar-refractivity contribution in [2.24, 2.45) is 5.41 Å². The van der Waals surface area contributed by atoms with Crippen molar-refractivity contribution < 1.29 is 4.79 Å². The highest BCUT2D eigenvalue weighted by atomic mass is 16.2. The highest BCUT2D eigenvalue weighted by molar-refractivity contribution is 5.96. The average molecular weight is 257 g/mol. The van der Waals surface area contributed by atoms with Crippen molar-refractivity contribution in [1.29, 1.82) is 0 Å². The minimum atomic E-state index is 0.299. The number of hydrogen-bond acceptors (Lipinski definition) is 1. The SMILES string of the molecule is CC(C)c1ccc(N2CC3(CCCC3)CC2=O)cc1. The highest BCUT2D eigenvalue weighted by Crippen LogP contribution is 2.46. The standard InChI is InChI=1S/C17H23NO/c1-13(2)14-5-7-15(8-6-14)18-12-17(11-16(18)19)9-3-4-10-17/h5-8,13H,3-4,9-12H2,1-2H3. The molecule has 102 valence electrons. The van der Waals surface area contributed by atoms with Crippen LogP contribution in [-0.4, -0.2) is 12.5 Å². The molecular weight excluding hydrogens is 234 g/mol. The summed E-state index contributed by atoms with van der Waals surface area (Å²) in [6.07, 6.45) is 5.83. The van der Waals surface area contributed by atoms with E-state index in [1.54, 1.807) is 0 Å². The summed E-state index contributed by atoms with van der Waals surface area (Å²) in [6, 6.07) is 8.54. The number of carbonyl (C=O) groups is 1. The molecule has 2 heteroatoms. The highest BCUT2D eigenvalue weighted by Gasteiger charge is 2.45. The Balaban J connectivity index is 1.80. The molecule has 2 fully saturated rings. The fraction of sp³-hybridized carbons (Fsp3) is 0.588. The first kappa shape index (κ1) is 12.7. The third-order valence-electron chi connectivity index (χ3n) is 4.86. The molecule has 1 amide bonds. The van der Waals surface area contributed by atoms with E-state index in [2.05, 4.69) is 38.1 Å². The van der Waals surface area contributed by atoms with Crippen molar-refractivity contribution in [2.75, 3.05) is 11.4 Å². The molecule has 3 rings (SSSR count). The van der Waals surface area contributed by atoms with Crippen molar-refractivity contribution >= 4 is 11.6 Å². The Morgan fingerprint density at radius 3 is 2.32 bits per heavy atom. The number of amides is 1. The molecule has 1 spiro atoms. The van der Waals surface area contributed by atoms with Gasteiger partial charge in [-0.15, -0.1) is 0 Å². The van der Waals surface area contributed by atoms with E-state index < -0.39 is 0 Å². The van der Waals surface area contributed by atoms with Crippen LogP contribution in [0.5, 0.6) is 0 Å². The maximum absolute atomic E-state index is 12.3. The van der Waals surface area contributed by atoms with Gasteiger partial charge in [0.25, 0.3) is 0 Å². The van der Waals surface area contributed by atoms with Crippen LogP contribution in [0.2, 0.25) is 0 Å². The fourth-order valence-corrected chi connectivity index (χ4v) is 3.63. The summed E-state index contributed by atoms with van der Waals surface area (Å²) < 4.78 is 0. The Kier molecular flexibility index (Phi) is 3.12. The van der Waals surface area contributed by atoms with E-state index in [1.165, 1.54) is 31.2 Å². The van der Waals surface area contributed by atoms with E-state index in [4.69, 9.17) is 0 Å². The van der Waals surface area contributed by atoms with Crippen LogP contribution in [0, 0.1) is 5.41 Å². The van der Waals surface area contributed by atoms with Gasteiger partial charge in [-0.25, -0.2) is 0 Å². The summed E-state index contributed by atoms with van der Waals surface area (Å²) in [4.78, 5) is 14.3. The predicted molar refractivity (Wildman–Crippen MR) is 78.4 cm³/mol. The molecule has 2 nitrogen and oxygen atoms in total. The lowest BCUT2D eigenvalue weighted by atomic mass is 9.85. The first-order valence-electron chi connectivity index (χ1n) is 7.50. The molecule has 0 unspecified atom stereocenters.